The molecule has 1 atom stereocenters. The first-order valence-corrected chi connectivity index (χ1v) is 6.18. The lowest BCUT2D eigenvalue weighted by atomic mass is 10.1. The van der Waals surface area contributed by atoms with Crippen molar-refractivity contribution in [1.82, 2.24) is 5.32 Å². The van der Waals surface area contributed by atoms with Crippen LogP contribution < -0.4 is 5.32 Å². The molecule has 1 N–H and O–H groups in total. The van der Waals surface area contributed by atoms with Gasteiger partial charge in [-0.15, -0.1) is 0 Å². The fourth-order valence-electron chi connectivity index (χ4n) is 1.21. The van der Waals surface area contributed by atoms with Crippen LogP contribution in [0.2, 0.25) is 0 Å². The minimum absolute atomic E-state index is 0.154. The van der Waals surface area contributed by atoms with E-state index in [9.17, 15) is 4.79 Å². The van der Waals surface area contributed by atoms with Crippen LogP contribution in [-0.2, 0) is 4.79 Å². The van der Waals surface area contributed by atoms with Crippen molar-refractivity contribution in [2.75, 3.05) is 5.33 Å². The fourth-order valence-corrected chi connectivity index (χ4v) is 1.57. The molecule has 0 saturated heterocycles. The molecular formula is C10H20BrNO. The highest BCUT2D eigenvalue weighted by molar-refractivity contribution is 9.09. The lowest BCUT2D eigenvalue weighted by molar-refractivity contribution is -0.121. The van der Waals surface area contributed by atoms with Crippen LogP contribution in [0.15, 0.2) is 0 Å². The Morgan fingerprint density at radius 3 is 2.69 bits per heavy atom. The van der Waals surface area contributed by atoms with E-state index in [1.54, 1.807) is 0 Å². The summed E-state index contributed by atoms with van der Waals surface area (Å²) in [7, 11) is 0. The van der Waals surface area contributed by atoms with E-state index in [1.165, 1.54) is 19.3 Å². The SMILES string of the molecule is CCCCCC(C)NC(=O)CCBr. The van der Waals surface area contributed by atoms with Gasteiger partial charge in [0, 0.05) is 17.8 Å². The van der Waals surface area contributed by atoms with Gasteiger partial charge in [-0.25, -0.2) is 0 Å². The van der Waals surface area contributed by atoms with E-state index >= 15 is 0 Å². The summed E-state index contributed by atoms with van der Waals surface area (Å²) in [5.41, 5.74) is 0. The maximum atomic E-state index is 11.1. The first-order valence-electron chi connectivity index (χ1n) is 5.06. The maximum absolute atomic E-state index is 11.1. The molecule has 0 heterocycles. The first kappa shape index (κ1) is 12.9. The van der Waals surface area contributed by atoms with Crippen molar-refractivity contribution in [3.05, 3.63) is 0 Å². The van der Waals surface area contributed by atoms with Crippen molar-refractivity contribution in [1.29, 1.82) is 0 Å². The van der Waals surface area contributed by atoms with Gasteiger partial charge in [0.15, 0.2) is 0 Å². The highest BCUT2D eigenvalue weighted by Crippen LogP contribution is 2.03. The fraction of sp³-hybridized carbons (Fsp3) is 0.900. The van der Waals surface area contributed by atoms with Crippen molar-refractivity contribution in [3.63, 3.8) is 0 Å². The molecule has 0 aliphatic carbocycles. The van der Waals surface area contributed by atoms with Crippen molar-refractivity contribution in [2.24, 2.45) is 0 Å². The number of carbonyl (C=O) groups excluding carboxylic acids is 1. The number of carbonyl (C=O) groups is 1. The number of unbranched alkanes of at least 4 members (excludes halogenated alkanes) is 2. The molecule has 0 radical (unpaired) electrons. The van der Waals surface area contributed by atoms with E-state index in [0.717, 1.165) is 11.8 Å². The summed E-state index contributed by atoms with van der Waals surface area (Å²) in [6, 6.07) is 0.332. The smallest absolute Gasteiger partial charge is 0.221 e. The summed E-state index contributed by atoms with van der Waals surface area (Å²) < 4.78 is 0. The highest BCUT2D eigenvalue weighted by atomic mass is 79.9. The zero-order valence-electron chi connectivity index (χ0n) is 8.61. The molecule has 0 saturated carbocycles. The van der Waals surface area contributed by atoms with Gasteiger partial charge in [0.25, 0.3) is 0 Å². The second-order valence-electron chi connectivity index (χ2n) is 3.40. The average Bonchev–Trinajstić information content (AvgIpc) is 2.05. The first-order chi connectivity index (χ1) is 6.20. The largest absolute Gasteiger partial charge is 0.354 e. The van der Waals surface area contributed by atoms with E-state index in [-0.39, 0.29) is 5.91 Å². The molecule has 1 unspecified atom stereocenters. The lowest BCUT2D eigenvalue weighted by Gasteiger charge is -2.12. The highest BCUT2D eigenvalue weighted by Gasteiger charge is 2.05. The van der Waals surface area contributed by atoms with E-state index in [0.29, 0.717) is 12.5 Å². The van der Waals surface area contributed by atoms with Gasteiger partial charge in [0.2, 0.25) is 5.91 Å². The van der Waals surface area contributed by atoms with Crippen LogP contribution in [0, 0.1) is 0 Å². The molecule has 78 valence electrons. The summed E-state index contributed by atoms with van der Waals surface area (Å²) in [6.07, 6.45) is 5.40. The maximum Gasteiger partial charge on any atom is 0.221 e. The van der Waals surface area contributed by atoms with Crippen LogP contribution >= 0.6 is 15.9 Å². The molecule has 0 aromatic rings. The lowest BCUT2D eigenvalue weighted by Crippen LogP contribution is -2.32. The summed E-state index contributed by atoms with van der Waals surface area (Å²) in [6.45, 7) is 4.26. The van der Waals surface area contributed by atoms with Crippen molar-refractivity contribution >= 4 is 21.8 Å². The van der Waals surface area contributed by atoms with Gasteiger partial charge in [0.05, 0.1) is 0 Å². The molecule has 0 bridgehead atoms. The number of halogens is 1. The second kappa shape index (κ2) is 8.54. The zero-order valence-corrected chi connectivity index (χ0v) is 10.2. The van der Waals surface area contributed by atoms with E-state index in [2.05, 4.69) is 35.1 Å². The quantitative estimate of drug-likeness (QED) is 0.546. The van der Waals surface area contributed by atoms with Gasteiger partial charge in [-0.2, -0.15) is 0 Å². The third kappa shape index (κ3) is 8.28. The Morgan fingerprint density at radius 2 is 2.15 bits per heavy atom. The van der Waals surface area contributed by atoms with Crippen molar-refractivity contribution in [2.45, 2.75) is 52.0 Å². The van der Waals surface area contributed by atoms with Gasteiger partial charge in [0.1, 0.15) is 0 Å². The van der Waals surface area contributed by atoms with Gasteiger partial charge in [-0.3, -0.25) is 4.79 Å². The number of hydrogen-bond acceptors (Lipinski definition) is 1. The van der Waals surface area contributed by atoms with E-state index < -0.39 is 0 Å². The van der Waals surface area contributed by atoms with Crippen LogP contribution in [0.4, 0.5) is 0 Å². The Kier molecular flexibility index (Phi) is 8.51. The topological polar surface area (TPSA) is 29.1 Å². The summed E-state index contributed by atoms with van der Waals surface area (Å²) in [5, 5.41) is 3.72. The van der Waals surface area contributed by atoms with E-state index in [4.69, 9.17) is 0 Å². The number of rotatable bonds is 7. The van der Waals surface area contributed by atoms with Gasteiger partial charge < -0.3 is 5.32 Å². The van der Waals surface area contributed by atoms with Crippen molar-refractivity contribution < 1.29 is 4.79 Å². The minimum atomic E-state index is 0.154. The molecule has 0 aromatic carbocycles. The third-order valence-electron chi connectivity index (χ3n) is 1.97. The number of alkyl halides is 1. The molecule has 2 nitrogen and oxygen atoms in total. The van der Waals surface area contributed by atoms with Gasteiger partial charge >= 0.3 is 0 Å². The molecule has 3 heteroatoms. The molecule has 1 amide bonds. The summed E-state index contributed by atoms with van der Waals surface area (Å²) in [4.78, 5) is 11.1. The second-order valence-corrected chi connectivity index (χ2v) is 4.20. The van der Waals surface area contributed by atoms with Crippen LogP contribution in [-0.4, -0.2) is 17.3 Å². The normalized spacial score (nSPS) is 12.5. The average molecular weight is 250 g/mol. The van der Waals surface area contributed by atoms with Gasteiger partial charge in [-0.05, 0) is 13.3 Å². The Morgan fingerprint density at radius 1 is 1.46 bits per heavy atom. The monoisotopic (exact) mass is 249 g/mol. The molecule has 0 rings (SSSR count). The number of hydrogen-bond donors (Lipinski definition) is 1. The number of nitrogens with one attached hydrogen (secondary N) is 1. The van der Waals surface area contributed by atoms with Crippen LogP contribution in [0.5, 0.6) is 0 Å². The summed E-state index contributed by atoms with van der Waals surface area (Å²) >= 11 is 3.24. The third-order valence-corrected chi connectivity index (χ3v) is 2.37. The van der Waals surface area contributed by atoms with Crippen LogP contribution in [0.3, 0.4) is 0 Å². The molecule has 13 heavy (non-hydrogen) atoms. The van der Waals surface area contributed by atoms with Crippen LogP contribution in [0.25, 0.3) is 0 Å². The molecule has 0 fully saturated rings. The zero-order chi connectivity index (χ0) is 10.1. The van der Waals surface area contributed by atoms with Crippen LogP contribution in [0.1, 0.15) is 46.0 Å². The molecule has 0 spiro atoms. The number of amides is 1. The van der Waals surface area contributed by atoms with Crippen molar-refractivity contribution in [3.8, 4) is 0 Å². The Balaban J connectivity index is 3.38. The molecule has 0 aliphatic heterocycles. The molecular weight excluding hydrogens is 230 g/mol. The Bertz CT molecular complexity index is 139. The summed E-state index contributed by atoms with van der Waals surface area (Å²) in [5.74, 6) is 0.154. The standard InChI is InChI=1S/C10H20BrNO/c1-3-4-5-6-9(2)12-10(13)7-8-11/h9H,3-8H2,1-2H3,(H,12,13). The predicted molar refractivity (Wildman–Crippen MR) is 60.2 cm³/mol. The Labute approximate surface area is 89.6 Å². The van der Waals surface area contributed by atoms with Gasteiger partial charge in [-0.1, -0.05) is 42.1 Å². The predicted octanol–water partition coefficient (Wildman–Crippen LogP) is 2.86. The minimum Gasteiger partial charge on any atom is -0.354 e. The van der Waals surface area contributed by atoms with E-state index in [1.807, 2.05) is 0 Å². The Hall–Kier alpha value is -0.0500. The molecule has 0 aromatic heterocycles. The molecule has 0 aliphatic rings.